The van der Waals surface area contributed by atoms with Gasteiger partial charge in [-0.15, -0.1) is 0 Å². The first-order valence-corrected chi connectivity index (χ1v) is 4.46. The zero-order chi connectivity index (χ0) is 9.84. The van der Waals surface area contributed by atoms with Gasteiger partial charge in [0.1, 0.15) is 0 Å². The van der Waals surface area contributed by atoms with Crippen molar-refractivity contribution in [1.29, 1.82) is 0 Å². The molecule has 0 amide bonds. The molecular formula is C11H13NaO2. The standard InChI is InChI=1S/C11H14O2.Na/c1-3-8(2)9-4-6-10(7-5-9)11(12)13;/h4-8H,3H2,1-2H3,(H,12,13);/q;+1/p-1. The second-order valence-corrected chi connectivity index (χ2v) is 3.22. The van der Waals surface area contributed by atoms with E-state index in [0.717, 1.165) is 6.42 Å². The van der Waals surface area contributed by atoms with E-state index >= 15 is 0 Å². The molecule has 3 heteroatoms. The van der Waals surface area contributed by atoms with Gasteiger partial charge in [-0.2, -0.15) is 0 Å². The summed E-state index contributed by atoms with van der Waals surface area (Å²) in [6, 6.07) is 6.88. The Morgan fingerprint density at radius 3 is 2.21 bits per heavy atom. The molecule has 0 aromatic heterocycles. The normalized spacial score (nSPS) is 11.6. The van der Waals surface area contributed by atoms with Crippen molar-refractivity contribution < 1.29 is 39.5 Å². The maximum absolute atomic E-state index is 10.4. The van der Waals surface area contributed by atoms with Crippen LogP contribution in [0, 0.1) is 0 Å². The maximum atomic E-state index is 10.4. The van der Waals surface area contributed by atoms with Crippen molar-refractivity contribution in [2.75, 3.05) is 0 Å². The van der Waals surface area contributed by atoms with Crippen LogP contribution in [0.2, 0.25) is 0 Å². The Hall–Kier alpha value is -0.310. The van der Waals surface area contributed by atoms with E-state index in [1.54, 1.807) is 12.1 Å². The minimum atomic E-state index is -1.12. The number of carboxylic acids is 1. The van der Waals surface area contributed by atoms with Gasteiger partial charge in [0.15, 0.2) is 0 Å². The molecule has 0 saturated heterocycles. The predicted molar refractivity (Wildman–Crippen MR) is 49.5 cm³/mol. The van der Waals surface area contributed by atoms with Crippen LogP contribution in [0.5, 0.6) is 0 Å². The van der Waals surface area contributed by atoms with Gasteiger partial charge in [0.05, 0.1) is 5.97 Å². The van der Waals surface area contributed by atoms with E-state index in [1.165, 1.54) is 5.56 Å². The average molecular weight is 200 g/mol. The first-order chi connectivity index (χ1) is 6.15. The Labute approximate surface area is 107 Å². The number of benzene rings is 1. The van der Waals surface area contributed by atoms with Crippen molar-refractivity contribution in [3.63, 3.8) is 0 Å². The average Bonchev–Trinajstić information content (AvgIpc) is 2.17. The molecule has 1 unspecified atom stereocenters. The third kappa shape index (κ3) is 3.45. The molecule has 0 aliphatic heterocycles. The summed E-state index contributed by atoms with van der Waals surface area (Å²) in [5, 5.41) is 10.4. The zero-order valence-electron chi connectivity index (χ0n) is 8.91. The van der Waals surface area contributed by atoms with E-state index in [0.29, 0.717) is 5.92 Å². The molecule has 0 N–H and O–H groups in total. The van der Waals surface area contributed by atoms with Gasteiger partial charge in [0.25, 0.3) is 0 Å². The van der Waals surface area contributed by atoms with Gasteiger partial charge >= 0.3 is 29.6 Å². The smallest absolute Gasteiger partial charge is 0.545 e. The summed E-state index contributed by atoms with van der Waals surface area (Å²) in [6.07, 6.45) is 1.06. The Morgan fingerprint density at radius 2 is 1.86 bits per heavy atom. The Bertz CT molecular complexity index is 293. The van der Waals surface area contributed by atoms with Gasteiger partial charge in [-0.25, -0.2) is 0 Å². The van der Waals surface area contributed by atoms with Crippen molar-refractivity contribution in [2.24, 2.45) is 0 Å². The second-order valence-electron chi connectivity index (χ2n) is 3.22. The summed E-state index contributed by atoms with van der Waals surface area (Å²) >= 11 is 0. The predicted octanol–water partition coefficient (Wildman–Crippen LogP) is -1.43. The third-order valence-corrected chi connectivity index (χ3v) is 2.33. The molecule has 0 spiro atoms. The minimum absolute atomic E-state index is 0. The van der Waals surface area contributed by atoms with E-state index in [-0.39, 0.29) is 35.1 Å². The largest absolute Gasteiger partial charge is 1.00 e. The quantitative estimate of drug-likeness (QED) is 0.561. The van der Waals surface area contributed by atoms with Crippen LogP contribution in [0.1, 0.15) is 42.1 Å². The van der Waals surface area contributed by atoms with Gasteiger partial charge in [-0.05, 0) is 23.5 Å². The summed E-state index contributed by atoms with van der Waals surface area (Å²) in [4.78, 5) is 10.4. The van der Waals surface area contributed by atoms with Gasteiger partial charge in [-0.1, -0.05) is 38.1 Å². The fraction of sp³-hybridized carbons (Fsp3) is 0.364. The molecule has 1 rings (SSSR count). The Kier molecular flexibility index (Phi) is 6.09. The van der Waals surface area contributed by atoms with Crippen LogP contribution in [0.15, 0.2) is 24.3 Å². The number of carboxylic acid groups (broad SMARTS) is 1. The van der Waals surface area contributed by atoms with Crippen LogP contribution in [-0.4, -0.2) is 5.97 Å². The number of hydrogen-bond acceptors (Lipinski definition) is 2. The van der Waals surface area contributed by atoms with Crippen LogP contribution in [0.4, 0.5) is 0 Å². The molecule has 1 atom stereocenters. The molecule has 0 radical (unpaired) electrons. The van der Waals surface area contributed by atoms with Crippen molar-refractivity contribution in [1.82, 2.24) is 0 Å². The molecule has 0 aliphatic rings. The first kappa shape index (κ1) is 13.7. The van der Waals surface area contributed by atoms with Gasteiger partial charge in [0, 0.05) is 0 Å². The molecule has 14 heavy (non-hydrogen) atoms. The Balaban J connectivity index is 0.00000169. The van der Waals surface area contributed by atoms with Gasteiger partial charge < -0.3 is 9.90 Å². The molecule has 0 aliphatic carbocycles. The minimum Gasteiger partial charge on any atom is -0.545 e. The number of aromatic carboxylic acids is 1. The van der Waals surface area contributed by atoms with Crippen molar-refractivity contribution >= 4 is 5.97 Å². The molecule has 0 bridgehead atoms. The van der Waals surface area contributed by atoms with Gasteiger partial charge in [0.2, 0.25) is 0 Å². The van der Waals surface area contributed by atoms with E-state index in [4.69, 9.17) is 0 Å². The zero-order valence-corrected chi connectivity index (χ0v) is 10.9. The molecule has 0 heterocycles. The summed E-state index contributed by atoms with van der Waals surface area (Å²) in [5.41, 5.74) is 1.42. The summed E-state index contributed by atoms with van der Waals surface area (Å²) in [7, 11) is 0. The van der Waals surface area contributed by atoms with E-state index in [9.17, 15) is 9.90 Å². The van der Waals surface area contributed by atoms with Crippen molar-refractivity contribution in [3.8, 4) is 0 Å². The maximum Gasteiger partial charge on any atom is 1.00 e. The third-order valence-electron chi connectivity index (χ3n) is 2.33. The van der Waals surface area contributed by atoms with Crippen LogP contribution >= 0.6 is 0 Å². The van der Waals surface area contributed by atoms with Gasteiger partial charge in [-0.3, -0.25) is 0 Å². The Morgan fingerprint density at radius 1 is 1.36 bits per heavy atom. The van der Waals surface area contributed by atoms with Crippen LogP contribution in [0.3, 0.4) is 0 Å². The molecule has 1 aromatic rings. The topological polar surface area (TPSA) is 40.1 Å². The number of rotatable bonds is 3. The first-order valence-electron chi connectivity index (χ1n) is 4.46. The number of hydrogen-bond donors (Lipinski definition) is 0. The monoisotopic (exact) mass is 200 g/mol. The van der Waals surface area contributed by atoms with Crippen LogP contribution in [-0.2, 0) is 0 Å². The van der Waals surface area contributed by atoms with E-state index in [1.807, 2.05) is 12.1 Å². The summed E-state index contributed by atoms with van der Waals surface area (Å²) in [6.45, 7) is 4.23. The van der Waals surface area contributed by atoms with Crippen LogP contribution in [0.25, 0.3) is 0 Å². The molecule has 70 valence electrons. The fourth-order valence-electron chi connectivity index (χ4n) is 1.18. The number of carbonyl (C=O) groups is 1. The van der Waals surface area contributed by atoms with Crippen molar-refractivity contribution in [3.05, 3.63) is 35.4 Å². The molecule has 0 fully saturated rings. The summed E-state index contributed by atoms with van der Waals surface area (Å²) in [5.74, 6) is -0.633. The second kappa shape index (κ2) is 6.23. The summed E-state index contributed by atoms with van der Waals surface area (Å²) < 4.78 is 0. The van der Waals surface area contributed by atoms with Crippen LogP contribution < -0.4 is 34.7 Å². The van der Waals surface area contributed by atoms with Crippen molar-refractivity contribution in [2.45, 2.75) is 26.2 Å². The molecular weight excluding hydrogens is 187 g/mol. The molecule has 0 saturated carbocycles. The molecule has 1 aromatic carbocycles. The van der Waals surface area contributed by atoms with E-state index in [2.05, 4.69) is 13.8 Å². The molecule has 2 nitrogen and oxygen atoms in total. The fourth-order valence-corrected chi connectivity index (χ4v) is 1.18. The van der Waals surface area contributed by atoms with E-state index < -0.39 is 5.97 Å². The SMILES string of the molecule is CCC(C)c1ccc(C(=O)[O-])cc1.[Na+]. The number of carbonyl (C=O) groups excluding carboxylic acids is 1.